The van der Waals surface area contributed by atoms with Gasteiger partial charge in [0.25, 0.3) is 0 Å². The summed E-state index contributed by atoms with van der Waals surface area (Å²) in [6.45, 7) is 6.23. The van der Waals surface area contributed by atoms with Crippen molar-refractivity contribution in [3.05, 3.63) is 24.0 Å². The molecule has 0 radical (unpaired) electrons. The number of aromatic nitrogens is 1. The highest BCUT2D eigenvalue weighted by Crippen LogP contribution is 2.47. The van der Waals surface area contributed by atoms with Crippen molar-refractivity contribution >= 4 is 5.96 Å². The number of hydrogen-bond donors (Lipinski definition) is 1. The van der Waals surface area contributed by atoms with Crippen molar-refractivity contribution in [1.82, 2.24) is 14.8 Å². The molecule has 4 heteroatoms. The van der Waals surface area contributed by atoms with Crippen LogP contribution in [0.5, 0.6) is 0 Å². The predicted molar refractivity (Wildman–Crippen MR) is 82.7 cm³/mol. The van der Waals surface area contributed by atoms with E-state index in [1.54, 1.807) is 0 Å². The number of aliphatic imine (C=N–C) groups is 1. The molecule has 0 unspecified atom stereocenters. The number of hydrogen-bond acceptors (Lipinski definition) is 1. The Morgan fingerprint density at radius 1 is 1.40 bits per heavy atom. The third-order valence-corrected chi connectivity index (χ3v) is 4.79. The van der Waals surface area contributed by atoms with Crippen molar-refractivity contribution in [1.29, 1.82) is 0 Å². The Hall–Kier alpha value is -1.45. The molecular weight excluding hydrogens is 248 g/mol. The van der Waals surface area contributed by atoms with Crippen molar-refractivity contribution in [3.63, 3.8) is 0 Å². The summed E-state index contributed by atoms with van der Waals surface area (Å²) in [7, 11) is 2.05. The number of guanidine groups is 1. The fourth-order valence-electron chi connectivity index (χ4n) is 3.45. The summed E-state index contributed by atoms with van der Waals surface area (Å²) in [5.74, 6) is 1.10. The topological polar surface area (TPSA) is 32.6 Å². The zero-order valence-electron chi connectivity index (χ0n) is 12.7. The van der Waals surface area contributed by atoms with E-state index in [2.05, 4.69) is 47.2 Å². The Bertz CT molecular complexity index is 484. The number of rotatable bonds is 3. The van der Waals surface area contributed by atoms with Crippen LogP contribution in [-0.4, -0.2) is 35.1 Å². The summed E-state index contributed by atoms with van der Waals surface area (Å²) < 4.78 is 2.08. The van der Waals surface area contributed by atoms with Crippen LogP contribution in [-0.2, 0) is 13.6 Å². The first-order chi connectivity index (χ1) is 9.71. The van der Waals surface area contributed by atoms with Crippen LogP contribution in [0.1, 0.15) is 38.2 Å². The van der Waals surface area contributed by atoms with E-state index in [4.69, 9.17) is 4.99 Å². The van der Waals surface area contributed by atoms with E-state index >= 15 is 0 Å². The minimum atomic E-state index is 0.628. The lowest BCUT2D eigenvalue weighted by molar-refractivity contribution is 0.151. The largest absolute Gasteiger partial charge is 0.357 e. The molecule has 2 heterocycles. The van der Waals surface area contributed by atoms with Crippen molar-refractivity contribution in [2.75, 3.05) is 19.6 Å². The summed E-state index contributed by atoms with van der Waals surface area (Å²) >= 11 is 0. The molecule has 0 bridgehead atoms. The molecule has 1 saturated carbocycles. The normalized spacial score (nSPS) is 21.3. The third kappa shape index (κ3) is 2.69. The molecule has 1 aliphatic heterocycles. The van der Waals surface area contributed by atoms with E-state index in [1.807, 2.05) is 0 Å². The maximum atomic E-state index is 4.82. The molecule has 1 N–H and O–H groups in total. The summed E-state index contributed by atoms with van der Waals surface area (Å²) in [5.41, 5.74) is 1.91. The third-order valence-electron chi connectivity index (χ3n) is 4.79. The Labute approximate surface area is 121 Å². The predicted octanol–water partition coefficient (Wildman–Crippen LogP) is 2.37. The van der Waals surface area contributed by atoms with Gasteiger partial charge in [0.15, 0.2) is 5.96 Å². The molecule has 1 aromatic rings. The fraction of sp³-hybridized carbons (Fsp3) is 0.688. The first-order valence-electron chi connectivity index (χ1n) is 7.85. The molecular formula is C16H26N4. The average molecular weight is 274 g/mol. The van der Waals surface area contributed by atoms with E-state index in [9.17, 15) is 0 Å². The van der Waals surface area contributed by atoms with Crippen LogP contribution in [0.2, 0.25) is 0 Å². The number of nitrogens with zero attached hydrogens (tertiary/aromatic N) is 3. The van der Waals surface area contributed by atoms with Gasteiger partial charge in [-0.25, -0.2) is 4.99 Å². The molecule has 1 aliphatic carbocycles. The fourth-order valence-corrected chi connectivity index (χ4v) is 3.45. The van der Waals surface area contributed by atoms with Crippen LogP contribution in [0.25, 0.3) is 0 Å². The van der Waals surface area contributed by atoms with E-state index in [0.717, 1.165) is 19.0 Å². The van der Waals surface area contributed by atoms with Crippen molar-refractivity contribution in [2.45, 2.75) is 39.2 Å². The molecule has 4 nitrogen and oxygen atoms in total. The smallest absolute Gasteiger partial charge is 0.194 e. The highest BCUT2D eigenvalue weighted by molar-refractivity contribution is 5.80. The lowest BCUT2D eigenvalue weighted by Gasteiger charge is -2.38. The van der Waals surface area contributed by atoms with Crippen LogP contribution < -0.4 is 5.32 Å². The Morgan fingerprint density at radius 2 is 2.25 bits per heavy atom. The van der Waals surface area contributed by atoms with Crippen molar-refractivity contribution in [2.24, 2.45) is 17.5 Å². The molecule has 110 valence electrons. The lowest BCUT2D eigenvalue weighted by Crippen LogP contribution is -2.42. The van der Waals surface area contributed by atoms with Crippen molar-refractivity contribution in [3.8, 4) is 0 Å². The van der Waals surface area contributed by atoms with Gasteiger partial charge in [0.05, 0.1) is 6.54 Å². The first kappa shape index (κ1) is 13.5. The van der Waals surface area contributed by atoms with Gasteiger partial charge in [-0.15, -0.1) is 0 Å². The standard InChI is InChI=1S/C16H26N4/c1-3-17-15(18-11-14-5-9-19(2)12-14)20-10-8-16(13-20)6-4-7-16/h5,9,12H,3-4,6-8,10-11,13H2,1-2H3,(H,17,18). The molecule has 1 aromatic heterocycles. The molecule has 1 saturated heterocycles. The van der Waals surface area contributed by atoms with Gasteiger partial charge in [0.2, 0.25) is 0 Å². The highest BCUT2D eigenvalue weighted by Gasteiger charge is 2.43. The molecule has 0 amide bonds. The first-order valence-corrected chi connectivity index (χ1v) is 7.85. The van der Waals surface area contributed by atoms with Crippen LogP contribution in [0.3, 0.4) is 0 Å². The van der Waals surface area contributed by atoms with E-state index in [0.29, 0.717) is 5.41 Å². The van der Waals surface area contributed by atoms with Gasteiger partial charge in [0.1, 0.15) is 0 Å². The van der Waals surface area contributed by atoms with Gasteiger partial charge in [0, 0.05) is 39.1 Å². The molecule has 3 rings (SSSR count). The molecule has 0 atom stereocenters. The molecule has 1 spiro atoms. The Balaban J connectivity index is 1.65. The molecule has 0 aromatic carbocycles. The molecule has 20 heavy (non-hydrogen) atoms. The van der Waals surface area contributed by atoms with Gasteiger partial charge >= 0.3 is 0 Å². The number of likely N-dealkylation sites (tertiary alicyclic amines) is 1. The van der Waals surface area contributed by atoms with Gasteiger partial charge < -0.3 is 14.8 Å². The van der Waals surface area contributed by atoms with Gasteiger partial charge in [-0.1, -0.05) is 6.42 Å². The molecule has 2 fully saturated rings. The summed E-state index contributed by atoms with van der Waals surface area (Å²) in [4.78, 5) is 7.29. The highest BCUT2D eigenvalue weighted by atomic mass is 15.3. The minimum absolute atomic E-state index is 0.628. The maximum Gasteiger partial charge on any atom is 0.194 e. The van der Waals surface area contributed by atoms with Crippen molar-refractivity contribution < 1.29 is 0 Å². The second-order valence-corrected chi connectivity index (χ2v) is 6.38. The SMILES string of the molecule is CCNC(=NCc1ccn(C)c1)N1CCC2(CCC2)C1. The summed E-state index contributed by atoms with van der Waals surface area (Å²) in [6, 6.07) is 2.14. The second-order valence-electron chi connectivity index (χ2n) is 6.38. The van der Waals surface area contributed by atoms with Crippen LogP contribution in [0.15, 0.2) is 23.5 Å². The zero-order chi connectivity index (χ0) is 14.0. The molecule has 2 aliphatic rings. The van der Waals surface area contributed by atoms with Gasteiger partial charge in [-0.05, 0) is 43.2 Å². The number of nitrogens with one attached hydrogen (secondary N) is 1. The zero-order valence-corrected chi connectivity index (χ0v) is 12.7. The minimum Gasteiger partial charge on any atom is -0.357 e. The quantitative estimate of drug-likeness (QED) is 0.678. The van der Waals surface area contributed by atoms with Crippen LogP contribution in [0.4, 0.5) is 0 Å². The lowest BCUT2D eigenvalue weighted by atomic mass is 9.68. The Kier molecular flexibility index (Phi) is 3.72. The maximum absolute atomic E-state index is 4.82. The van der Waals surface area contributed by atoms with Gasteiger partial charge in [-0.2, -0.15) is 0 Å². The van der Waals surface area contributed by atoms with Crippen LogP contribution in [0, 0.1) is 5.41 Å². The van der Waals surface area contributed by atoms with E-state index in [-0.39, 0.29) is 0 Å². The average Bonchev–Trinajstić information content (AvgIpc) is 3.00. The van der Waals surface area contributed by atoms with E-state index < -0.39 is 0 Å². The second kappa shape index (κ2) is 5.51. The summed E-state index contributed by atoms with van der Waals surface area (Å²) in [6.07, 6.45) is 9.83. The number of aryl methyl sites for hydroxylation is 1. The van der Waals surface area contributed by atoms with Gasteiger partial charge in [-0.3, -0.25) is 0 Å². The summed E-state index contributed by atoms with van der Waals surface area (Å²) in [5, 5.41) is 3.46. The Morgan fingerprint density at radius 3 is 2.80 bits per heavy atom. The van der Waals surface area contributed by atoms with E-state index in [1.165, 1.54) is 44.3 Å². The van der Waals surface area contributed by atoms with Crippen LogP contribution >= 0.6 is 0 Å². The monoisotopic (exact) mass is 274 g/mol.